The lowest BCUT2D eigenvalue weighted by atomic mass is 10.0. The van der Waals surface area contributed by atoms with E-state index in [-0.39, 0.29) is 0 Å². The van der Waals surface area contributed by atoms with Gasteiger partial charge in [-0.15, -0.1) is 0 Å². The van der Waals surface area contributed by atoms with Gasteiger partial charge >= 0.3 is 0 Å². The fourth-order valence-electron chi connectivity index (χ4n) is 3.09. The van der Waals surface area contributed by atoms with E-state index in [1.165, 1.54) is 43.8 Å². The highest BCUT2D eigenvalue weighted by Crippen LogP contribution is 2.21. The highest BCUT2D eigenvalue weighted by Gasteiger charge is 1.97. The summed E-state index contributed by atoms with van der Waals surface area (Å²) in [6.07, 6.45) is 0. The number of hydrogen-bond donors (Lipinski definition) is 0. The molecule has 0 aromatic heterocycles. The highest BCUT2D eigenvalue weighted by molar-refractivity contribution is 5.88. The fraction of sp³-hybridized carbons (Fsp3) is 0.167. The Balaban J connectivity index is 0.000000141. The van der Waals surface area contributed by atoms with Crippen LogP contribution >= 0.6 is 0 Å². The van der Waals surface area contributed by atoms with Crippen molar-refractivity contribution < 1.29 is 0 Å². The third-order valence-corrected chi connectivity index (χ3v) is 4.51. The van der Waals surface area contributed by atoms with Crippen LogP contribution in [0, 0.1) is 27.7 Å². The van der Waals surface area contributed by atoms with Gasteiger partial charge in [0.1, 0.15) is 0 Å². The van der Waals surface area contributed by atoms with Gasteiger partial charge in [0.25, 0.3) is 0 Å². The first-order chi connectivity index (χ1) is 11.5. The molecule has 120 valence electrons. The van der Waals surface area contributed by atoms with Crippen LogP contribution in [0.25, 0.3) is 21.5 Å². The summed E-state index contributed by atoms with van der Waals surface area (Å²) in [5.74, 6) is 0. The van der Waals surface area contributed by atoms with E-state index in [9.17, 15) is 0 Å². The van der Waals surface area contributed by atoms with Gasteiger partial charge in [-0.25, -0.2) is 0 Å². The Morgan fingerprint density at radius 1 is 0.458 bits per heavy atom. The van der Waals surface area contributed by atoms with Gasteiger partial charge in [0.2, 0.25) is 0 Å². The van der Waals surface area contributed by atoms with Crippen LogP contribution in [0.3, 0.4) is 0 Å². The number of hydrogen-bond acceptors (Lipinski definition) is 0. The SMILES string of the molecule is Cc1ccc(C)c2ccccc12.Cc1ccc2ccc(C)cc2c1. The fourth-order valence-corrected chi connectivity index (χ4v) is 3.09. The Bertz CT molecular complexity index is 916. The summed E-state index contributed by atoms with van der Waals surface area (Å²) in [5.41, 5.74) is 5.37. The zero-order chi connectivity index (χ0) is 17.1. The monoisotopic (exact) mass is 312 g/mol. The lowest BCUT2D eigenvalue weighted by Crippen LogP contribution is -1.80. The minimum Gasteiger partial charge on any atom is -0.0616 e. The maximum Gasteiger partial charge on any atom is -0.0152 e. The molecule has 0 radical (unpaired) electrons. The van der Waals surface area contributed by atoms with E-state index in [2.05, 4.69) is 100 Å². The molecule has 0 aliphatic carbocycles. The maximum absolute atomic E-state index is 2.22. The number of fused-ring (bicyclic) bond motifs is 2. The quantitative estimate of drug-likeness (QED) is 0.331. The second kappa shape index (κ2) is 6.88. The molecule has 4 rings (SSSR count). The standard InChI is InChI=1S/2C12H12/c1-9-3-5-11-6-4-10(2)8-12(11)7-9;1-9-7-8-10(2)12-6-4-3-5-11(9)12/h2*3-8H,1-2H3. The molecule has 0 bridgehead atoms. The largest absolute Gasteiger partial charge is 0.0616 e. The van der Waals surface area contributed by atoms with E-state index in [4.69, 9.17) is 0 Å². The molecule has 0 nitrogen and oxygen atoms in total. The summed E-state index contributed by atoms with van der Waals surface area (Å²) in [6.45, 7) is 8.56. The average Bonchev–Trinajstić information content (AvgIpc) is 2.59. The van der Waals surface area contributed by atoms with Crippen molar-refractivity contribution in [1.82, 2.24) is 0 Å². The molecule has 0 N–H and O–H groups in total. The van der Waals surface area contributed by atoms with Crippen molar-refractivity contribution >= 4 is 21.5 Å². The van der Waals surface area contributed by atoms with E-state index < -0.39 is 0 Å². The van der Waals surface area contributed by atoms with Gasteiger partial charge in [-0.1, -0.05) is 83.9 Å². The Hall–Kier alpha value is -2.60. The highest BCUT2D eigenvalue weighted by atomic mass is 14.0. The second-order valence-corrected chi connectivity index (χ2v) is 6.60. The van der Waals surface area contributed by atoms with Crippen LogP contribution in [0.15, 0.2) is 72.8 Å². The van der Waals surface area contributed by atoms with Crippen molar-refractivity contribution in [1.29, 1.82) is 0 Å². The van der Waals surface area contributed by atoms with Gasteiger partial charge < -0.3 is 0 Å². The molecule has 0 unspecified atom stereocenters. The van der Waals surface area contributed by atoms with Crippen LogP contribution < -0.4 is 0 Å². The van der Waals surface area contributed by atoms with Gasteiger partial charge in [-0.3, -0.25) is 0 Å². The first kappa shape index (κ1) is 16.3. The summed E-state index contributed by atoms with van der Waals surface area (Å²) in [6, 6.07) is 26.0. The van der Waals surface area contributed by atoms with Crippen molar-refractivity contribution in [3.8, 4) is 0 Å². The lowest BCUT2D eigenvalue weighted by Gasteiger charge is -2.03. The lowest BCUT2D eigenvalue weighted by molar-refractivity contribution is 1.46. The minimum absolute atomic E-state index is 1.33. The topological polar surface area (TPSA) is 0 Å². The Kier molecular flexibility index (Phi) is 4.66. The number of benzene rings is 4. The van der Waals surface area contributed by atoms with E-state index in [1.54, 1.807) is 0 Å². The van der Waals surface area contributed by atoms with Crippen LogP contribution in [-0.2, 0) is 0 Å². The van der Waals surface area contributed by atoms with Crippen molar-refractivity contribution in [2.24, 2.45) is 0 Å². The third-order valence-electron chi connectivity index (χ3n) is 4.51. The first-order valence-corrected chi connectivity index (χ1v) is 8.46. The normalized spacial score (nSPS) is 10.5. The third kappa shape index (κ3) is 3.49. The Labute approximate surface area is 144 Å². The van der Waals surface area contributed by atoms with Gasteiger partial charge in [-0.2, -0.15) is 0 Å². The molecule has 0 amide bonds. The molecule has 0 atom stereocenters. The average molecular weight is 312 g/mol. The molecule has 0 aliphatic rings. The molecule has 4 aromatic rings. The minimum atomic E-state index is 1.33. The van der Waals surface area contributed by atoms with Gasteiger partial charge in [0.15, 0.2) is 0 Å². The zero-order valence-electron chi connectivity index (χ0n) is 14.9. The van der Waals surface area contributed by atoms with E-state index in [0.29, 0.717) is 0 Å². The van der Waals surface area contributed by atoms with Gasteiger partial charge in [-0.05, 0) is 60.4 Å². The van der Waals surface area contributed by atoms with Crippen LogP contribution in [0.4, 0.5) is 0 Å². The molecule has 0 saturated heterocycles. The summed E-state index contributed by atoms with van der Waals surface area (Å²) >= 11 is 0. The molecule has 0 fully saturated rings. The first-order valence-electron chi connectivity index (χ1n) is 8.46. The molecule has 0 spiro atoms. The van der Waals surface area contributed by atoms with Crippen LogP contribution in [0.5, 0.6) is 0 Å². The summed E-state index contributed by atoms with van der Waals surface area (Å²) < 4.78 is 0. The Morgan fingerprint density at radius 2 is 0.917 bits per heavy atom. The van der Waals surface area contributed by atoms with Crippen molar-refractivity contribution in [2.45, 2.75) is 27.7 Å². The van der Waals surface area contributed by atoms with Gasteiger partial charge in [0, 0.05) is 0 Å². The predicted molar refractivity (Wildman–Crippen MR) is 107 cm³/mol. The molecule has 0 heteroatoms. The van der Waals surface area contributed by atoms with Gasteiger partial charge in [0.05, 0.1) is 0 Å². The molecule has 24 heavy (non-hydrogen) atoms. The smallest absolute Gasteiger partial charge is 0.0152 e. The predicted octanol–water partition coefficient (Wildman–Crippen LogP) is 6.91. The molecular formula is C24H24. The summed E-state index contributed by atoms with van der Waals surface area (Å²) in [7, 11) is 0. The van der Waals surface area contributed by atoms with Crippen LogP contribution in [-0.4, -0.2) is 0 Å². The molecule has 0 aliphatic heterocycles. The molecule has 0 saturated carbocycles. The van der Waals surface area contributed by atoms with Crippen LogP contribution in [0.1, 0.15) is 22.3 Å². The van der Waals surface area contributed by atoms with Crippen LogP contribution in [0.2, 0.25) is 0 Å². The molecule has 4 aromatic carbocycles. The van der Waals surface area contributed by atoms with Crippen molar-refractivity contribution in [3.63, 3.8) is 0 Å². The molecule has 0 heterocycles. The maximum atomic E-state index is 2.22. The van der Waals surface area contributed by atoms with E-state index in [0.717, 1.165) is 0 Å². The van der Waals surface area contributed by atoms with Crippen molar-refractivity contribution in [2.75, 3.05) is 0 Å². The zero-order valence-corrected chi connectivity index (χ0v) is 14.9. The van der Waals surface area contributed by atoms with E-state index >= 15 is 0 Å². The number of rotatable bonds is 0. The Morgan fingerprint density at radius 3 is 1.38 bits per heavy atom. The second-order valence-electron chi connectivity index (χ2n) is 6.60. The summed E-state index contributed by atoms with van der Waals surface area (Å²) in [4.78, 5) is 0. The summed E-state index contributed by atoms with van der Waals surface area (Å²) in [5, 5.41) is 5.41. The van der Waals surface area contributed by atoms with Crippen molar-refractivity contribution in [3.05, 3.63) is 95.1 Å². The van der Waals surface area contributed by atoms with E-state index in [1.807, 2.05) is 0 Å². The number of aryl methyl sites for hydroxylation is 4. The molecular weight excluding hydrogens is 288 g/mol.